The van der Waals surface area contributed by atoms with E-state index in [0.29, 0.717) is 23.0 Å². The number of hydrogen-bond donors (Lipinski definition) is 2. The topological polar surface area (TPSA) is 119 Å². The Labute approximate surface area is 171 Å². The predicted octanol–water partition coefficient (Wildman–Crippen LogP) is 0.795. The van der Waals surface area contributed by atoms with Crippen molar-refractivity contribution in [1.29, 1.82) is 0 Å². The minimum Gasteiger partial charge on any atom is -0.451 e. The maximum absolute atomic E-state index is 12.8. The van der Waals surface area contributed by atoms with Gasteiger partial charge in [0.2, 0.25) is 5.91 Å². The molecule has 30 heavy (non-hydrogen) atoms. The molecular weight excluding hydrogens is 388 g/mol. The maximum Gasteiger partial charge on any atom is 0.359 e. The van der Waals surface area contributed by atoms with Crippen LogP contribution in [0.15, 0.2) is 59.4 Å². The Kier molecular flexibility index (Phi) is 6.53. The van der Waals surface area contributed by atoms with Gasteiger partial charge in [-0.15, -0.1) is 0 Å². The number of ether oxygens (including phenoxy) is 1. The Morgan fingerprint density at radius 3 is 2.30 bits per heavy atom. The number of hydrogen-bond acceptors (Lipinski definition) is 6. The lowest BCUT2D eigenvalue weighted by atomic mass is 10.1. The van der Waals surface area contributed by atoms with E-state index in [1.807, 2.05) is 0 Å². The summed E-state index contributed by atoms with van der Waals surface area (Å²) in [5, 5.41) is 9.69. The zero-order valence-electron chi connectivity index (χ0n) is 16.3. The van der Waals surface area contributed by atoms with Gasteiger partial charge in [0, 0.05) is 11.9 Å². The molecule has 0 saturated carbocycles. The van der Waals surface area contributed by atoms with Gasteiger partial charge < -0.3 is 15.4 Å². The average molecular weight is 408 g/mol. The molecule has 0 spiro atoms. The molecule has 3 rings (SSSR count). The average Bonchev–Trinajstić information content (AvgIpc) is 2.77. The molecule has 1 heterocycles. The van der Waals surface area contributed by atoms with Gasteiger partial charge >= 0.3 is 5.97 Å². The predicted molar refractivity (Wildman–Crippen MR) is 109 cm³/mol. The Morgan fingerprint density at radius 1 is 0.933 bits per heavy atom. The second-order valence-corrected chi connectivity index (χ2v) is 6.25. The summed E-state index contributed by atoms with van der Waals surface area (Å²) in [7, 11) is 0. The first-order valence-electron chi connectivity index (χ1n) is 9.29. The molecule has 2 aromatic carbocycles. The third-order valence-electron chi connectivity index (χ3n) is 4.15. The number of esters is 1. The minimum atomic E-state index is -0.857. The van der Waals surface area contributed by atoms with Crippen LogP contribution < -0.4 is 16.2 Å². The van der Waals surface area contributed by atoms with E-state index in [9.17, 15) is 19.2 Å². The minimum absolute atomic E-state index is 0.0921. The van der Waals surface area contributed by atoms with Crippen molar-refractivity contribution in [2.75, 3.05) is 19.7 Å². The molecule has 0 atom stereocenters. The largest absolute Gasteiger partial charge is 0.451 e. The number of aromatic nitrogens is 2. The van der Waals surface area contributed by atoms with E-state index < -0.39 is 18.5 Å². The number of carbonyl (C=O) groups is 3. The van der Waals surface area contributed by atoms with Gasteiger partial charge in [0.1, 0.15) is 0 Å². The summed E-state index contributed by atoms with van der Waals surface area (Å²) < 4.78 is 6.18. The van der Waals surface area contributed by atoms with Crippen LogP contribution >= 0.6 is 0 Å². The molecule has 0 radical (unpaired) electrons. The highest BCUT2D eigenvalue weighted by molar-refractivity contribution is 6.02. The number of benzene rings is 2. The van der Waals surface area contributed by atoms with Crippen molar-refractivity contribution >= 4 is 28.6 Å². The summed E-state index contributed by atoms with van der Waals surface area (Å²) >= 11 is 0. The monoisotopic (exact) mass is 408 g/mol. The van der Waals surface area contributed by atoms with Gasteiger partial charge in [-0.2, -0.15) is 9.78 Å². The van der Waals surface area contributed by atoms with Crippen molar-refractivity contribution < 1.29 is 19.1 Å². The fraction of sp³-hybridized carbons (Fsp3) is 0.190. The number of likely N-dealkylation sites (N-methyl/N-ethyl adjacent to an activating group) is 1. The molecule has 0 fully saturated rings. The number of carbonyl (C=O) groups excluding carboxylic acids is 3. The first-order chi connectivity index (χ1) is 14.5. The van der Waals surface area contributed by atoms with Crippen molar-refractivity contribution in [2.24, 2.45) is 0 Å². The van der Waals surface area contributed by atoms with Crippen LogP contribution in [0.2, 0.25) is 0 Å². The Bertz CT molecular complexity index is 1140. The van der Waals surface area contributed by atoms with Gasteiger partial charge in [-0.05, 0) is 25.1 Å². The van der Waals surface area contributed by atoms with E-state index in [0.717, 1.165) is 4.68 Å². The fourth-order valence-electron chi connectivity index (χ4n) is 2.77. The van der Waals surface area contributed by atoms with E-state index in [1.54, 1.807) is 61.5 Å². The quantitative estimate of drug-likeness (QED) is 0.558. The molecule has 0 bridgehead atoms. The lowest BCUT2D eigenvalue weighted by Crippen LogP contribution is -2.38. The Morgan fingerprint density at radius 2 is 1.60 bits per heavy atom. The number of nitrogens with zero attached hydrogens (tertiary/aromatic N) is 2. The smallest absolute Gasteiger partial charge is 0.359 e. The van der Waals surface area contributed by atoms with Crippen molar-refractivity contribution in [1.82, 2.24) is 20.4 Å². The lowest BCUT2D eigenvalue weighted by Gasteiger charge is -2.11. The van der Waals surface area contributed by atoms with Crippen LogP contribution in [0.4, 0.5) is 0 Å². The van der Waals surface area contributed by atoms with E-state index in [-0.39, 0.29) is 23.7 Å². The number of para-hydroxylation sites is 1. The van der Waals surface area contributed by atoms with Crippen molar-refractivity contribution in [3.05, 3.63) is 70.6 Å². The maximum atomic E-state index is 12.8. The summed E-state index contributed by atoms with van der Waals surface area (Å²) in [6.07, 6.45) is 0. The third-order valence-corrected chi connectivity index (χ3v) is 4.15. The fourth-order valence-corrected chi connectivity index (χ4v) is 2.77. The summed E-state index contributed by atoms with van der Waals surface area (Å²) in [5.74, 6) is -1.83. The molecular formula is C21H20N4O5. The van der Waals surface area contributed by atoms with Gasteiger partial charge in [-0.3, -0.25) is 14.4 Å². The number of nitrogens with one attached hydrogen (secondary N) is 2. The van der Waals surface area contributed by atoms with Gasteiger partial charge in [0.05, 0.1) is 17.6 Å². The number of amides is 2. The molecule has 154 valence electrons. The first kappa shape index (κ1) is 20.7. The van der Waals surface area contributed by atoms with Crippen molar-refractivity contribution in [3.63, 3.8) is 0 Å². The summed E-state index contributed by atoms with van der Waals surface area (Å²) in [6, 6.07) is 15.2. The highest BCUT2D eigenvalue weighted by atomic mass is 16.5. The van der Waals surface area contributed by atoms with Crippen LogP contribution in [-0.4, -0.2) is 47.3 Å². The molecule has 2 N–H and O–H groups in total. The Balaban J connectivity index is 1.84. The molecule has 0 aliphatic carbocycles. The zero-order chi connectivity index (χ0) is 21.5. The van der Waals surface area contributed by atoms with E-state index in [2.05, 4.69) is 15.7 Å². The van der Waals surface area contributed by atoms with Crippen molar-refractivity contribution in [3.8, 4) is 5.69 Å². The summed E-state index contributed by atoms with van der Waals surface area (Å²) in [6.45, 7) is 1.40. The van der Waals surface area contributed by atoms with Crippen LogP contribution in [-0.2, 0) is 14.3 Å². The second kappa shape index (κ2) is 9.46. The molecule has 0 saturated heterocycles. The normalized spacial score (nSPS) is 10.4. The van der Waals surface area contributed by atoms with E-state index in [4.69, 9.17) is 4.74 Å². The lowest BCUT2D eigenvalue weighted by molar-refractivity contribution is -0.127. The zero-order valence-corrected chi connectivity index (χ0v) is 16.3. The van der Waals surface area contributed by atoms with Crippen molar-refractivity contribution in [2.45, 2.75) is 6.92 Å². The van der Waals surface area contributed by atoms with Crippen LogP contribution in [0, 0.1) is 0 Å². The van der Waals surface area contributed by atoms with E-state index >= 15 is 0 Å². The molecule has 3 aromatic rings. The molecule has 0 aliphatic rings. The van der Waals surface area contributed by atoms with E-state index in [1.165, 1.54) is 0 Å². The Hall–Kier alpha value is -4.01. The highest BCUT2D eigenvalue weighted by Crippen LogP contribution is 2.16. The molecule has 0 unspecified atom stereocenters. The molecule has 9 nitrogen and oxygen atoms in total. The summed E-state index contributed by atoms with van der Waals surface area (Å²) in [5.41, 5.74) is 0.0144. The molecule has 2 amide bonds. The van der Waals surface area contributed by atoms with Crippen LogP contribution in [0.1, 0.15) is 17.4 Å². The molecule has 9 heteroatoms. The third kappa shape index (κ3) is 4.69. The van der Waals surface area contributed by atoms with Gasteiger partial charge in [-0.1, -0.05) is 36.4 Å². The molecule has 0 aliphatic heterocycles. The SMILES string of the molecule is CCNC(=O)CNC(=O)COC(=O)c1nn(-c2ccccc2)c(=O)c2ccccc12. The number of rotatable bonds is 7. The second-order valence-electron chi connectivity index (χ2n) is 6.25. The first-order valence-corrected chi connectivity index (χ1v) is 9.29. The molecule has 1 aromatic heterocycles. The standard InChI is InChI=1S/C21H20N4O5/c1-2-22-17(26)12-23-18(27)13-30-21(29)19-15-10-6-7-11-16(15)20(28)25(24-19)14-8-4-3-5-9-14/h3-11H,2,12-13H2,1H3,(H,22,26)(H,23,27). The number of fused-ring (bicyclic) bond motifs is 1. The van der Waals surface area contributed by atoms with Gasteiger partial charge in [0.25, 0.3) is 11.5 Å². The van der Waals surface area contributed by atoms with Crippen LogP contribution in [0.25, 0.3) is 16.5 Å². The van der Waals surface area contributed by atoms with Crippen LogP contribution in [0.5, 0.6) is 0 Å². The van der Waals surface area contributed by atoms with Crippen LogP contribution in [0.3, 0.4) is 0 Å². The van der Waals surface area contributed by atoms with Gasteiger partial charge in [0.15, 0.2) is 12.3 Å². The summed E-state index contributed by atoms with van der Waals surface area (Å²) in [4.78, 5) is 48.7. The highest BCUT2D eigenvalue weighted by Gasteiger charge is 2.19. The van der Waals surface area contributed by atoms with Gasteiger partial charge in [-0.25, -0.2) is 4.79 Å².